The van der Waals surface area contributed by atoms with Crippen LogP contribution in [0.5, 0.6) is 5.75 Å². The Labute approximate surface area is 184 Å². The first-order chi connectivity index (χ1) is 13.3. The molecule has 1 heterocycles. The number of nitrogens with zero attached hydrogens (tertiary/aromatic N) is 1. The van der Waals surface area contributed by atoms with Crippen molar-refractivity contribution in [3.8, 4) is 5.75 Å². The molecule has 4 nitrogen and oxygen atoms in total. The van der Waals surface area contributed by atoms with Crippen LogP contribution >= 0.6 is 46.4 Å². The smallest absolute Gasteiger partial charge is 0.409 e. The number of piperidine rings is 1. The number of hydrogen-bond acceptors (Lipinski definition) is 3. The zero-order chi connectivity index (χ0) is 20.1. The van der Waals surface area contributed by atoms with Crippen LogP contribution in [0, 0.1) is 0 Å². The van der Waals surface area contributed by atoms with Crippen LogP contribution < -0.4 is 4.74 Å². The highest BCUT2D eigenvalue weighted by Gasteiger charge is 2.35. The van der Waals surface area contributed by atoms with E-state index in [-0.39, 0.29) is 18.6 Å². The molecule has 1 amide bonds. The summed E-state index contributed by atoms with van der Waals surface area (Å²) in [5.41, 5.74) is 1.08. The molecule has 1 aliphatic rings. The number of halogens is 4. The van der Waals surface area contributed by atoms with Crippen LogP contribution in [-0.4, -0.2) is 40.6 Å². The molecule has 1 saturated heterocycles. The fraction of sp³-hybridized carbons (Fsp3) is 0.350. The fourth-order valence-electron chi connectivity index (χ4n) is 3.21. The number of alkyl halides is 3. The summed E-state index contributed by atoms with van der Waals surface area (Å²) in [4.78, 5) is 14.0. The normalized spacial score (nSPS) is 19.9. The van der Waals surface area contributed by atoms with E-state index in [1.165, 1.54) is 0 Å². The molecule has 0 N–H and O–H groups in total. The van der Waals surface area contributed by atoms with E-state index < -0.39 is 9.89 Å². The van der Waals surface area contributed by atoms with E-state index in [2.05, 4.69) is 0 Å². The van der Waals surface area contributed by atoms with Gasteiger partial charge in [0.2, 0.25) is 3.79 Å². The molecule has 1 fully saturated rings. The maximum absolute atomic E-state index is 12.4. The van der Waals surface area contributed by atoms with Gasteiger partial charge in [0, 0.05) is 30.5 Å². The molecular formula is C20H19Cl4NO3. The Balaban J connectivity index is 1.74. The van der Waals surface area contributed by atoms with E-state index in [0.29, 0.717) is 30.3 Å². The van der Waals surface area contributed by atoms with Gasteiger partial charge in [0.05, 0.1) is 0 Å². The molecule has 0 saturated carbocycles. The number of ether oxygens (including phenoxy) is 2. The van der Waals surface area contributed by atoms with Gasteiger partial charge in [0.1, 0.15) is 18.5 Å². The lowest BCUT2D eigenvalue weighted by Crippen LogP contribution is -2.47. The number of likely N-dealkylation sites (tertiary alicyclic amines) is 1. The van der Waals surface area contributed by atoms with Gasteiger partial charge in [-0.1, -0.05) is 82.8 Å². The van der Waals surface area contributed by atoms with Crippen LogP contribution in [0.3, 0.4) is 0 Å². The third-order valence-electron chi connectivity index (χ3n) is 4.48. The first-order valence-electron chi connectivity index (χ1n) is 8.77. The average Bonchev–Trinajstić information content (AvgIpc) is 2.66. The topological polar surface area (TPSA) is 38.8 Å². The lowest BCUT2D eigenvalue weighted by molar-refractivity contribution is 0.0560. The second kappa shape index (κ2) is 9.45. The summed E-state index contributed by atoms with van der Waals surface area (Å²) in [7, 11) is 0. The van der Waals surface area contributed by atoms with Crippen LogP contribution in [0.4, 0.5) is 4.79 Å². The monoisotopic (exact) mass is 461 g/mol. The molecular weight excluding hydrogens is 444 g/mol. The van der Waals surface area contributed by atoms with Crippen LogP contribution in [-0.2, 0) is 4.74 Å². The molecule has 2 aromatic carbocycles. The minimum atomic E-state index is -1.64. The third-order valence-corrected chi connectivity index (χ3v) is 5.04. The van der Waals surface area contributed by atoms with Gasteiger partial charge in [0.25, 0.3) is 0 Å². The van der Waals surface area contributed by atoms with Crippen LogP contribution in [0.2, 0.25) is 5.02 Å². The first-order valence-corrected chi connectivity index (χ1v) is 10.3. The van der Waals surface area contributed by atoms with E-state index in [1.807, 2.05) is 42.5 Å². The van der Waals surface area contributed by atoms with Crippen molar-refractivity contribution < 1.29 is 14.3 Å². The maximum Gasteiger partial charge on any atom is 0.409 e. The lowest BCUT2D eigenvalue weighted by Gasteiger charge is -2.38. The number of carbonyl (C=O) groups is 1. The van der Waals surface area contributed by atoms with Crippen LogP contribution in [0.1, 0.15) is 17.9 Å². The highest BCUT2D eigenvalue weighted by Crippen LogP contribution is 2.32. The van der Waals surface area contributed by atoms with Crippen molar-refractivity contribution in [2.24, 2.45) is 0 Å². The molecule has 0 radical (unpaired) electrons. The Bertz CT molecular complexity index is 798. The zero-order valence-electron chi connectivity index (χ0n) is 14.9. The molecule has 8 heteroatoms. The molecule has 150 valence electrons. The number of hydrogen-bond donors (Lipinski definition) is 0. The summed E-state index contributed by atoms with van der Waals surface area (Å²) in [6.07, 6.45) is 0.0149. The molecule has 1 aliphatic heterocycles. The quantitative estimate of drug-likeness (QED) is 0.516. The maximum atomic E-state index is 12.4. The highest BCUT2D eigenvalue weighted by molar-refractivity contribution is 6.67. The molecule has 2 aromatic rings. The second-order valence-electron chi connectivity index (χ2n) is 6.54. The Hall–Kier alpha value is -1.33. The predicted molar refractivity (Wildman–Crippen MR) is 113 cm³/mol. The van der Waals surface area contributed by atoms with E-state index >= 15 is 0 Å². The summed E-state index contributed by atoms with van der Waals surface area (Å²) in [6.45, 7) is 0.618. The van der Waals surface area contributed by atoms with Crippen LogP contribution in [0.25, 0.3) is 0 Å². The van der Waals surface area contributed by atoms with Crippen molar-refractivity contribution in [1.82, 2.24) is 4.90 Å². The van der Waals surface area contributed by atoms with E-state index in [0.717, 1.165) is 5.56 Å². The van der Waals surface area contributed by atoms with Crippen molar-refractivity contribution in [2.75, 3.05) is 19.7 Å². The summed E-state index contributed by atoms with van der Waals surface area (Å²) in [5.74, 6) is 0.667. The van der Waals surface area contributed by atoms with E-state index in [1.54, 1.807) is 17.0 Å². The van der Waals surface area contributed by atoms with E-state index in [4.69, 9.17) is 55.9 Å². The van der Waals surface area contributed by atoms with Crippen molar-refractivity contribution in [3.05, 3.63) is 65.2 Å². The number of rotatable bonds is 4. The first kappa shape index (κ1) is 21.4. The summed E-state index contributed by atoms with van der Waals surface area (Å²) in [6, 6.07) is 17.2. The molecule has 0 aromatic heterocycles. The molecule has 0 bridgehead atoms. The molecule has 0 unspecified atom stereocenters. The van der Waals surface area contributed by atoms with Gasteiger partial charge in [-0.2, -0.15) is 0 Å². The van der Waals surface area contributed by atoms with Crippen LogP contribution in [0.15, 0.2) is 54.6 Å². The molecule has 28 heavy (non-hydrogen) atoms. The molecule has 0 spiro atoms. The number of carbonyl (C=O) groups excluding carboxylic acids is 1. The Kier molecular flexibility index (Phi) is 7.21. The summed E-state index contributed by atoms with van der Waals surface area (Å²) in [5, 5.41) is 0.612. The lowest BCUT2D eigenvalue weighted by atomic mass is 9.88. The van der Waals surface area contributed by atoms with Gasteiger partial charge < -0.3 is 14.4 Å². The Morgan fingerprint density at radius 3 is 2.54 bits per heavy atom. The molecule has 0 aliphatic carbocycles. The number of benzene rings is 2. The van der Waals surface area contributed by atoms with Crippen molar-refractivity contribution in [3.63, 3.8) is 0 Å². The van der Waals surface area contributed by atoms with Crippen molar-refractivity contribution in [2.45, 2.75) is 22.2 Å². The minimum absolute atomic E-state index is 0.0331. The van der Waals surface area contributed by atoms with Gasteiger partial charge in [-0.15, -0.1) is 0 Å². The van der Waals surface area contributed by atoms with Gasteiger partial charge in [-0.05, 0) is 23.8 Å². The summed E-state index contributed by atoms with van der Waals surface area (Å²) < 4.78 is 9.71. The van der Waals surface area contributed by atoms with Gasteiger partial charge in [0.15, 0.2) is 0 Å². The SMILES string of the molecule is O=C(OCC(Cl)(Cl)Cl)N1CC[C@H](Oc2cccc(Cl)c2)[C@H](c2ccccc2)C1. The highest BCUT2D eigenvalue weighted by atomic mass is 35.6. The summed E-state index contributed by atoms with van der Waals surface area (Å²) >= 11 is 23.1. The van der Waals surface area contributed by atoms with Gasteiger partial charge in [-0.3, -0.25) is 0 Å². The van der Waals surface area contributed by atoms with Crippen molar-refractivity contribution >= 4 is 52.5 Å². The molecule has 2 atom stereocenters. The largest absolute Gasteiger partial charge is 0.490 e. The average molecular weight is 463 g/mol. The fourth-order valence-corrected chi connectivity index (χ4v) is 3.55. The minimum Gasteiger partial charge on any atom is -0.490 e. The zero-order valence-corrected chi connectivity index (χ0v) is 17.9. The predicted octanol–water partition coefficient (Wildman–Crippen LogP) is 6.08. The Morgan fingerprint density at radius 2 is 1.86 bits per heavy atom. The standard InChI is InChI=1S/C20H19Cl4NO3/c21-15-7-4-8-16(11-15)28-18-9-10-25(19(26)27-13-20(22,23)24)12-17(18)14-5-2-1-3-6-14/h1-8,11,17-18H,9-10,12-13H2/t17-,18-/m0/s1. The molecule has 3 rings (SSSR count). The second-order valence-corrected chi connectivity index (χ2v) is 9.49. The van der Waals surface area contributed by atoms with Gasteiger partial charge in [-0.25, -0.2) is 4.79 Å². The van der Waals surface area contributed by atoms with Crippen molar-refractivity contribution in [1.29, 1.82) is 0 Å². The van der Waals surface area contributed by atoms with E-state index in [9.17, 15) is 4.79 Å². The van der Waals surface area contributed by atoms with Gasteiger partial charge >= 0.3 is 6.09 Å². The number of amides is 1. The third kappa shape index (κ3) is 6.08. The Morgan fingerprint density at radius 1 is 1.11 bits per heavy atom.